The van der Waals surface area contributed by atoms with E-state index in [0.29, 0.717) is 0 Å². The van der Waals surface area contributed by atoms with Crippen molar-refractivity contribution in [2.24, 2.45) is 0 Å². The van der Waals surface area contributed by atoms with E-state index in [1.165, 1.54) is 0 Å². The van der Waals surface area contributed by atoms with Crippen molar-refractivity contribution in [1.29, 1.82) is 0 Å². The Kier molecular flexibility index (Phi) is 16.3. The van der Waals surface area contributed by atoms with Gasteiger partial charge in [0.05, 0.1) is 0 Å². The minimum Gasteiger partial charge on any atom is -1.00 e. The molecule has 5 heavy (non-hydrogen) atoms. The molecule has 0 fully saturated rings. The van der Waals surface area contributed by atoms with Gasteiger partial charge in [-0.3, -0.25) is 0 Å². The third kappa shape index (κ3) is 11.7. The van der Waals surface area contributed by atoms with Crippen molar-refractivity contribution in [3.63, 3.8) is 0 Å². The number of hydrogen-bond acceptors (Lipinski definition) is 1. The Morgan fingerprint density at radius 2 is 2.20 bits per heavy atom. The number of aliphatic hydroxyl groups excluding tert-OH is 1. The van der Waals surface area contributed by atoms with Crippen molar-refractivity contribution in [2.75, 3.05) is 6.61 Å². The van der Waals surface area contributed by atoms with Crippen LogP contribution in [0.1, 0.15) is 2.85 Å². The summed E-state index contributed by atoms with van der Waals surface area (Å²) in [5, 5.41) is 7.64. The van der Waals surface area contributed by atoms with E-state index in [2.05, 4.69) is 6.42 Å². The second-order valence-corrected chi connectivity index (χ2v) is 0.362. The summed E-state index contributed by atoms with van der Waals surface area (Å²) in [6.45, 7) is -0.153. The molecule has 1 nitrogen and oxygen atoms in total. The monoisotopic (exact) mass is 98.0 g/mol. The molecular weight excluding hydrogens is 92.1 g/mol. The molecule has 0 saturated carbocycles. The van der Waals surface area contributed by atoms with Crippen LogP contribution in [-0.4, -0.2) is 49.5 Å². The average Bonchev–Trinajstić information content (AvgIpc) is 1.37. The molecule has 0 spiro atoms. The van der Waals surface area contributed by atoms with Gasteiger partial charge in [-0.2, -0.15) is 0 Å². The van der Waals surface area contributed by atoms with Gasteiger partial charge in [-0.1, -0.05) is 5.92 Å². The Bertz CT molecular complexity index is 42.7. The topological polar surface area (TPSA) is 20.2 Å². The molecule has 2 heteroatoms. The molecule has 0 aliphatic heterocycles. The van der Waals surface area contributed by atoms with Gasteiger partial charge in [0.1, 0.15) is 6.61 Å². The summed E-state index contributed by atoms with van der Waals surface area (Å²) in [5.41, 5.74) is 0. The third-order valence-corrected chi connectivity index (χ3v) is 0.0913. The molecule has 0 aromatic carbocycles. The van der Waals surface area contributed by atoms with Crippen molar-refractivity contribution in [3.8, 4) is 12.3 Å². The maximum absolute atomic E-state index is 7.64. The van der Waals surface area contributed by atoms with E-state index in [1.807, 2.05) is 5.92 Å². The van der Waals surface area contributed by atoms with Gasteiger partial charge in [0.2, 0.25) is 0 Å². The molecule has 26 valence electrons. The zero-order chi connectivity index (χ0) is 3.41. The first-order valence-corrected chi connectivity index (χ1v) is 0.958. The molecule has 0 saturated heterocycles. The summed E-state index contributed by atoms with van der Waals surface area (Å²) in [6, 6.07) is 0. The summed E-state index contributed by atoms with van der Waals surface area (Å²) in [4.78, 5) is 0. The zero-order valence-corrected chi connectivity index (χ0v) is 5.15. The molecule has 0 aromatic rings. The number of terminal acetylenes is 1. The first-order valence-electron chi connectivity index (χ1n) is 0.958. The van der Waals surface area contributed by atoms with Crippen LogP contribution in [0.3, 0.4) is 0 Å². The molecule has 0 bridgehead atoms. The minimum atomic E-state index is -0.153. The standard InChI is InChI=1S/C3H4O.Ca.2H/c1-2-3-4;;;/h1,4H,3H2;;;/q;+2;2*-1. The molecule has 0 heterocycles. The molecule has 0 aliphatic rings. The van der Waals surface area contributed by atoms with Gasteiger partial charge in [-0.25, -0.2) is 0 Å². The van der Waals surface area contributed by atoms with Crippen molar-refractivity contribution in [3.05, 3.63) is 0 Å². The van der Waals surface area contributed by atoms with Gasteiger partial charge >= 0.3 is 37.7 Å². The van der Waals surface area contributed by atoms with Gasteiger partial charge in [0, 0.05) is 0 Å². The van der Waals surface area contributed by atoms with E-state index in [1.54, 1.807) is 0 Å². The fraction of sp³-hybridized carbons (Fsp3) is 0.333. The Labute approximate surface area is 64.3 Å². The summed E-state index contributed by atoms with van der Waals surface area (Å²) in [6.07, 6.45) is 4.53. The van der Waals surface area contributed by atoms with Crippen LogP contribution in [0.15, 0.2) is 0 Å². The normalized spacial score (nSPS) is 4.00. The Balaban J connectivity index is -0.0000000150. The first kappa shape index (κ1) is 9.24. The van der Waals surface area contributed by atoms with Crippen LogP contribution in [0.25, 0.3) is 0 Å². The van der Waals surface area contributed by atoms with Crippen LogP contribution in [-0.2, 0) is 0 Å². The van der Waals surface area contributed by atoms with Gasteiger partial charge in [0.25, 0.3) is 0 Å². The largest absolute Gasteiger partial charge is 2.00 e. The molecule has 0 amide bonds. The predicted octanol–water partition coefficient (Wildman–Crippen LogP) is -0.544. The van der Waals surface area contributed by atoms with Gasteiger partial charge in [0.15, 0.2) is 0 Å². The molecule has 0 atom stereocenters. The smallest absolute Gasteiger partial charge is 1.00 e. The quantitative estimate of drug-likeness (QED) is 0.318. The van der Waals surface area contributed by atoms with Gasteiger partial charge in [-0.05, 0) is 0 Å². The van der Waals surface area contributed by atoms with Crippen LogP contribution >= 0.6 is 0 Å². The van der Waals surface area contributed by atoms with E-state index < -0.39 is 0 Å². The second kappa shape index (κ2) is 8.84. The molecule has 0 aromatic heterocycles. The average molecular weight is 98.2 g/mol. The summed E-state index contributed by atoms with van der Waals surface area (Å²) < 4.78 is 0. The van der Waals surface area contributed by atoms with Crippen molar-refractivity contribution >= 4 is 37.7 Å². The number of rotatable bonds is 0. The van der Waals surface area contributed by atoms with Crippen LogP contribution in [0.5, 0.6) is 0 Å². The summed E-state index contributed by atoms with van der Waals surface area (Å²) in [7, 11) is 0. The Morgan fingerprint density at radius 1 is 2.00 bits per heavy atom. The predicted molar refractivity (Wildman–Crippen MR) is 23.9 cm³/mol. The van der Waals surface area contributed by atoms with E-state index in [4.69, 9.17) is 5.11 Å². The molecule has 0 aliphatic carbocycles. The van der Waals surface area contributed by atoms with E-state index in [9.17, 15) is 0 Å². The van der Waals surface area contributed by atoms with E-state index in [0.717, 1.165) is 0 Å². The van der Waals surface area contributed by atoms with Crippen molar-refractivity contribution < 1.29 is 7.96 Å². The van der Waals surface area contributed by atoms with E-state index in [-0.39, 0.29) is 47.2 Å². The molecule has 0 rings (SSSR count). The number of hydrogen-bond donors (Lipinski definition) is 1. The summed E-state index contributed by atoms with van der Waals surface area (Å²) >= 11 is 0. The minimum absolute atomic E-state index is 0. The fourth-order valence-corrected chi connectivity index (χ4v) is 0. The second-order valence-electron chi connectivity index (χ2n) is 0.362. The Hall–Kier alpha value is 0.780. The molecule has 1 N–H and O–H groups in total. The number of aliphatic hydroxyl groups is 1. The first-order chi connectivity index (χ1) is 1.91. The zero-order valence-electron chi connectivity index (χ0n) is 4.94. The van der Waals surface area contributed by atoms with E-state index >= 15 is 0 Å². The molecule has 0 radical (unpaired) electrons. The summed E-state index contributed by atoms with van der Waals surface area (Å²) in [5.74, 6) is 1.99. The maximum Gasteiger partial charge on any atom is 2.00 e. The van der Waals surface area contributed by atoms with Crippen LogP contribution in [0, 0.1) is 12.3 Å². The maximum atomic E-state index is 7.64. The van der Waals surface area contributed by atoms with Gasteiger partial charge < -0.3 is 7.96 Å². The molecule has 0 unspecified atom stereocenters. The van der Waals surface area contributed by atoms with Crippen molar-refractivity contribution in [2.45, 2.75) is 0 Å². The third-order valence-electron chi connectivity index (χ3n) is 0.0913. The Morgan fingerprint density at radius 3 is 2.20 bits per heavy atom. The van der Waals surface area contributed by atoms with Gasteiger partial charge in [-0.15, -0.1) is 6.42 Å². The van der Waals surface area contributed by atoms with Crippen molar-refractivity contribution in [1.82, 2.24) is 0 Å². The fourth-order valence-electron chi connectivity index (χ4n) is 0. The SMILES string of the molecule is C#CCO.[Ca+2].[H-].[H-]. The van der Waals surface area contributed by atoms with Crippen LogP contribution < -0.4 is 0 Å². The van der Waals surface area contributed by atoms with Crippen LogP contribution in [0.2, 0.25) is 0 Å². The van der Waals surface area contributed by atoms with Crippen LogP contribution in [0.4, 0.5) is 0 Å². The molecular formula is C3H6CaO.